The van der Waals surface area contributed by atoms with Crippen LogP contribution in [0.15, 0.2) is 0 Å². The van der Waals surface area contributed by atoms with Gasteiger partial charge in [0.2, 0.25) is 5.02 Å². The van der Waals surface area contributed by atoms with Gasteiger partial charge < -0.3 is 24.7 Å². The molecule has 0 heterocycles. The summed E-state index contributed by atoms with van der Waals surface area (Å²) in [5.41, 5.74) is 0. The van der Waals surface area contributed by atoms with Crippen molar-refractivity contribution in [3.8, 4) is 0 Å². The third-order valence-corrected chi connectivity index (χ3v) is 5.81. The maximum absolute atomic E-state index is 10.7. The predicted octanol–water partition coefficient (Wildman–Crippen LogP) is -1.79. The normalized spacial score (nSPS) is 14.6. The van der Waals surface area contributed by atoms with Crippen molar-refractivity contribution in [1.29, 1.82) is 0 Å². The lowest BCUT2D eigenvalue weighted by Crippen LogP contribution is -2.45. The van der Waals surface area contributed by atoms with Crippen LogP contribution in [0.3, 0.4) is 0 Å². The highest BCUT2D eigenvalue weighted by Crippen LogP contribution is 2.66. The van der Waals surface area contributed by atoms with Gasteiger partial charge in [0, 0.05) is 0 Å². The summed E-state index contributed by atoms with van der Waals surface area (Å²) in [4.78, 5) is 34.6. The van der Waals surface area contributed by atoms with Crippen molar-refractivity contribution in [1.82, 2.24) is 5.32 Å². The quantitative estimate of drug-likeness (QED) is 0.313. The van der Waals surface area contributed by atoms with E-state index in [-0.39, 0.29) is 0 Å². The van der Waals surface area contributed by atoms with E-state index in [1.165, 1.54) is 0 Å². The Kier molecular flexibility index (Phi) is 3.83. The standard InChI is InChI=1S/C3H11NO7P2/c1-4-3(2-5,12(6,7)8)13(9,10)11/h4-5H,2H2,1H3,(H2,6,7,8)(H2,9,10,11). The second-order valence-corrected chi connectivity index (χ2v) is 6.37. The molecule has 0 rings (SSSR count). The third-order valence-electron chi connectivity index (χ3n) is 1.58. The molecule has 80 valence electrons. The lowest BCUT2D eigenvalue weighted by molar-refractivity contribution is 0.208. The monoisotopic (exact) mass is 235 g/mol. The Morgan fingerprint density at radius 2 is 1.46 bits per heavy atom. The number of likely N-dealkylation sites (N-methyl/N-ethyl adjacent to an activating group) is 1. The molecule has 8 nitrogen and oxygen atoms in total. The third kappa shape index (κ3) is 2.18. The van der Waals surface area contributed by atoms with E-state index in [9.17, 15) is 9.13 Å². The summed E-state index contributed by atoms with van der Waals surface area (Å²) in [6, 6.07) is 0. The Balaban J connectivity index is 5.45. The van der Waals surface area contributed by atoms with Gasteiger partial charge in [-0.3, -0.25) is 14.4 Å². The zero-order chi connectivity index (χ0) is 10.9. The maximum atomic E-state index is 10.7. The topological polar surface area (TPSA) is 147 Å². The summed E-state index contributed by atoms with van der Waals surface area (Å²) in [5, 5.41) is 7.47. The fourth-order valence-corrected chi connectivity index (χ4v) is 3.03. The lowest BCUT2D eigenvalue weighted by atomic mass is 10.7. The fourth-order valence-electron chi connectivity index (χ4n) is 0.724. The Bertz CT molecular complexity index is 237. The predicted molar refractivity (Wildman–Crippen MR) is 43.0 cm³/mol. The first-order valence-corrected chi connectivity index (χ1v) is 6.26. The number of rotatable bonds is 4. The van der Waals surface area contributed by atoms with Gasteiger partial charge in [0.05, 0.1) is 6.61 Å². The first kappa shape index (κ1) is 13.2. The van der Waals surface area contributed by atoms with Gasteiger partial charge in [-0.15, -0.1) is 0 Å². The molecule has 0 amide bonds. The zero-order valence-electron chi connectivity index (χ0n) is 6.65. The molecular formula is C3H11NO7P2. The highest BCUT2D eigenvalue weighted by molar-refractivity contribution is 7.72. The van der Waals surface area contributed by atoms with E-state index < -0.39 is 26.8 Å². The SMILES string of the molecule is CNC(CO)(P(=O)(O)O)P(=O)(O)O. The molecule has 10 heteroatoms. The average molecular weight is 235 g/mol. The Hall–Kier alpha value is 0.220. The summed E-state index contributed by atoms with van der Waals surface area (Å²) < 4.78 is 21.5. The van der Waals surface area contributed by atoms with Gasteiger partial charge in [-0.2, -0.15) is 0 Å². The van der Waals surface area contributed by atoms with Crippen LogP contribution in [0.4, 0.5) is 0 Å². The molecule has 0 unspecified atom stereocenters. The van der Waals surface area contributed by atoms with Crippen LogP contribution in [0.2, 0.25) is 0 Å². The number of hydrogen-bond acceptors (Lipinski definition) is 4. The number of aliphatic hydroxyl groups is 1. The van der Waals surface area contributed by atoms with E-state index in [1.54, 1.807) is 5.32 Å². The van der Waals surface area contributed by atoms with Crippen LogP contribution in [0.5, 0.6) is 0 Å². The molecule has 0 atom stereocenters. The zero-order valence-corrected chi connectivity index (χ0v) is 8.44. The number of hydrogen-bond donors (Lipinski definition) is 6. The van der Waals surface area contributed by atoms with Gasteiger partial charge in [0.15, 0.2) is 0 Å². The van der Waals surface area contributed by atoms with Gasteiger partial charge in [-0.05, 0) is 7.05 Å². The first-order valence-electron chi connectivity index (χ1n) is 3.03. The van der Waals surface area contributed by atoms with Crippen molar-refractivity contribution in [3.63, 3.8) is 0 Å². The molecule has 0 saturated heterocycles. The van der Waals surface area contributed by atoms with Crippen molar-refractivity contribution in [2.75, 3.05) is 13.7 Å². The second-order valence-electron chi connectivity index (χ2n) is 2.31. The van der Waals surface area contributed by atoms with Crippen molar-refractivity contribution < 1.29 is 33.8 Å². The van der Waals surface area contributed by atoms with Crippen molar-refractivity contribution >= 4 is 15.2 Å². The molecule has 0 spiro atoms. The molecular weight excluding hydrogens is 224 g/mol. The van der Waals surface area contributed by atoms with E-state index in [2.05, 4.69) is 0 Å². The molecule has 0 aromatic heterocycles. The van der Waals surface area contributed by atoms with E-state index >= 15 is 0 Å². The molecule has 0 aromatic carbocycles. The largest absolute Gasteiger partial charge is 0.393 e. The molecule has 0 aliphatic carbocycles. The van der Waals surface area contributed by atoms with Crippen LogP contribution in [-0.4, -0.2) is 43.4 Å². The minimum Gasteiger partial charge on any atom is -0.393 e. The van der Waals surface area contributed by atoms with Crippen molar-refractivity contribution in [2.24, 2.45) is 0 Å². The molecule has 6 N–H and O–H groups in total. The molecule has 0 radical (unpaired) electrons. The smallest absolute Gasteiger partial charge is 0.360 e. The molecule has 0 aromatic rings. The summed E-state index contributed by atoms with van der Waals surface area (Å²) >= 11 is 0. The van der Waals surface area contributed by atoms with Crippen LogP contribution >= 0.6 is 15.2 Å². The van der Waals surface area contributed by atoms with Gasteiger partial charge in [0.1, 0.15) is 0 Å². The molecule has 0 bridgehead atoms. The highest BCUT2D eigenvalue weighted by Gasteiger charge is 2.59. The minimum absolute atomic E-state index is 0.939. The Morgan fingerprint density at radius 3 is 1.46 bits per heavy atom. The average Bonchev–Trinajstić information content (AvgIpc) is 1.84. The second kappa shape index (κ2) is 3.76. The highest BCUT2D eigenvalue weighted by atomic mass is 31.2. The van der Waals surface area contributed by atoms with Crippen LogP contribution in [0.1, 0.15) is 0 Å². The maximum Gasteiger partial charge on any atom is 0.360 e. The summed E-state index contributed by atoms with van der Waals surface area (Å²) in [5.74, 6) is 0. The van der Waals surface area contributed by atoms with Crippen molar-refractivity contribution in [3.05, 3.63) is 0 Å². The Morgan fingerprint density at radius 1 is 1.15 bits per heavy atom. The lowest BCUT2D eigenvalue weighted by Gasteiger charge is -2.31. The van der Waals surface area contributed by atoms with E-state index in [0.717, 1.165) is 7.05 Å². The van der Waals surface area contributed by atoms with Crippen LogP contribution in [-0.2, 0) is 9.13 Å². The molecule has 0 aliphatic rings. The van der Waals surface area contributed by atoms with Crippen LogP contribution < -0.4 is 5.32 Å². The van der Waals surface area contributed by atoms with Crippen LogP contribution in [0.25, 0.3) is 0 Å². The van der Waals surface area contributed by atoms with E-state index in [4.69, 9.17) is 24.7 Å². The fraction of sp³-hybridized carbons (Fsp3) is 1.00. The summed E-state index contributed by atoms with van der Waals surface area (Å²) in [6.07, 6.45) is 0. The van der Waals surface area contributed by atoms with Crippen LogP contribution in [0, 0.1) is 0 Å². The first-order chi connectivity index (χ1) is 5.62. The van der Waals surface area contributed by atoms with Gasteiger partial charge in [-0.1, -0.05) is 0 Å². The van der Waals surface area contributed by atoms with Gasteiger partial charge in [0.25, 0.3) is 0 Å². The van der Waals surface area contributed by atoms with Crippen molar-refractivity contribution in [2.45, 2.75) is 5.02 Å². The summed E-state index contributed by atoms with van der Waals surface area (Å²) in [6.45, 7) is -1.36. The van der Waals surface area contributed by atoms with E-state index in [0.29, 0.717) is 0 Å². The number of aliphatic hydroxyl groups excluding tert-OH is 1. The Labute approximate surface area is 73.9 Å². The summed E-state index contributed by atoms with van der Waals surface area (Å²) in [7, 11) is -9.37. The van der Waals surface area contributed by atoms with E-state index in [1.807, 2.05) is 0 Å². The molecule has 0 aliphatic heterocycles. The number of nitrogens with one attached hydrogen (secondary N) is 1. The minimum atomic E-state index is -5.15. The molecule has 13 heavy (non-hydrogen) atoms. The van der Waals surface area contributed by atoms with Gasteiger partial charge >= 0.3 is 15.2 Å². The van der Waals surface area contributed by atoms with Gasteiger partial charge in [-0.25, -0.2) is 0 Å². The molecule has 0 fully saturated rings. The molecule has 0 saturated carbocycles.